The minimum atomic E-state index is -0.757. The molecule has 1 N–H and O–H groups in total. The van der Waals surface area contributed by atoms with Crippen molar-refractivity contribution in [1.82, 2.24) is 0 Å². The summed E-state index contributed by atoms with van der Waals surface area (Å²) in [4.78, 5) is 32.1. The zero-order chi connectivity index (χ0) is 26.0. The quantitative estimate of drug-likeness (QED) is 0.193. The second-order valence-electron chi connectivity index (χ2n) is 7.63. The third-order valence-electron chi connectivity index (χ3n) is 2.97. The van der Waals surface area contributed by atoms with Gasteiger partial charge in [-0.1, -0.05) is 49.6 Å². The van der Waals surface area contributed by atoms with E-state index in [9.17, 15) is 14.4 Å². The van der Waals surface area contributed by atoms with E-state index in [2.05, 4.69) is 24.5 Å². The van der Waals surface area contributed by atoms with E-state index in [-0.39, 0.29) is 24.6 Å². The van der Waals surface area contributed by atoms with Gasteiger partial charge in [-0.2, -0.15) is 0 Å². The number of carbonyl (C=O) groups excluding carboxylic acids is 3. The first-order valence-corrected chi connectivity index (χ1v) is 10.3. The van der Waals surface area contributed by atoms with E-state index in [1.54, 1.807) is 13.0 Å². The van der Waals surface area contributed by atoms with Crippen molar-refractivity contribution in [3.8, 4) is 0 Å². The van der Waals surface area contributed by atoms with Gasteiger partial charge in [0.2, 0.25) is 0 Å². The van der Waals surface area contributed by atoms with Crippen LogP contribution in [0.1, 0.15) is 47.1 Å². The van der Waals surface area contributed by atoms with Crippen molar-refractivity contribution in [2.75, 3.05) is 6.61 Å². The van der Waals surface area contributed by atoms with E-state index < -0.39 is 17.3 Å². The molecule has 33 heavy (non-hydrogen) atoms. The van der Waals surface area contributed by atoms with Crippen LogP contribution in [-0.2, 0) is 28.6 Å². The molecule has 0 saturated heterocycles. The van der Waals surface area contributed by atoms with Gasteiger partial charge in [-0.3, -0.25) is 0 Å². The van der Waals surface area contributed by atoms with E-state index in [4.69, 9.17) is 14.6 Å². The van der Waals surface area contributed by atoms with Crippen LogP contribution in [0.4, 0.5) is 0 Å². The highest BCUT2D eigenvalue weighted by molar-refractivity contribution is 5.92. The predicted molar refractivity (Wildman–Crippen MR) is 130 cm³/mol. The number of ether oxygens (including phenoxy) is 3. The Morgan fingerprint density at radius 3 is 1.94 bits per heavy atom. The van der Waals surface area contributed by atoms with Crippen LogP contribution in [0.5, 0.6) is 0 Å². The lowest BCUT2D eigenvalue weighted by molar-refractivity contribution is -0.148. The minimum Gasteiger partial charge on any atom is -0.502 e. The van der Waals surface area contributed by atoms with Gasteiger partial charge < -0.3 is 19.3 Å². The summed E-state index contributed by atoms with van der Waals surface area (Å²) in [6, 6.07) is 9.73. The fourth-order valence-electron chi connectivity index (χ4n) is 1.68. The minimum absolute atomic E-state index is 0.116. The Balaban J connectivity index is 0. The molecular weight excluding hydrogens is 424 g/mol. The highest BCUT2D eigenvalue weighted by atomic mass is 16.6. The molecule has 0 aromatic heterocycles. The summed E-state index contributed by atoms with van der Waals surface area (Å²) in [5, 5.41) is 8.28. The van der Waals surface area contributed by atoms with Crippen LogP contribution < -0.4 is 0 Å². The molecule has 0 unspecified atom stereocenters. The molecule has 0 fully saturated rings. The first-order chi connectivity index (χ1) is 15.2. The lowest BCUT2D eigenvalue weighted by atomic mass is 10.2. The molecule has 0 spiro atoms. The van der Waals surface area contributed by atoms with Gasteiger partial charge in [0, 0.05) is 6.08 Å². The van der Waals surface area contributed by atoms with Gasteiger partial charge in [-0.05, 0) is 59.8 Å². The molecule has 0 radical (unpaired) electrons. The van der Waals surface area contributed by atoms with Crippen LogP contribution >= 0.6 is 0 Å². The Morgan fingerprint density at radius 1 is 1.06 bits per heavy atom. The van der Waals surface area contributed by atoms with Crippen molar-refractivity contribution < 1.29 is 33.7 Å². The lowest BCUT2D eigenvalue weighted by Crippen LogP contribution is -2.22. The predicted octanol–water partition coefficient (Wildman–Crippen LogP) is 5.34. The lowest BCUT2D eigenvalue weighted by Gasteiger charge is -2.17. The number of aliphatic hydroxyl groups is 1. The average Bonchev–Trinajstić information content (AvgIpc) is 2.72. The Kier molecular flexibility index (Phi) is 16.3. The maximum atomic E-state index is 11.4. The van der Waals surface area contributed by atoms with Gasteiger partial charge >= 0.3 is 17.9 Å². The molecule has 1 rings (SSSR count). The van der Waals surface area contributed by atoms with E-state index in [0.29, 0.717) is 5.57 Å². The third-order valence-corrected chi connectivity index (χ3v) is 2.97. The molecule has 0 aliphatic rings. The van der Waals surface area contributed by atoms with E-state index in [0.717, 1.165) is 11.6 Å². The van der Waals surface area contributed by atoms with Crippen LogP contribution in [0.15, 0.2) is 73.6 Å². The number of hydrogen-bond donors (Lipinski definition) is 1. The summed E-state index contributed by atoms with van der Waals surface area (Å²) in [6.45, 7) is 20.9. The van der Waals surface area contributed by atoms with Crippen molar-refractivity contribution in [3.63, 3.8) is 0 Å². The average molecular weight is 461 g/mol. The number of hydrogen-bond acceptors (Lipinski definition) is 7. The SMILES string of the molecule is C=C(C=Cc1ccccc1)C(=O)OC(C)C.C=C(O)C(=O)OCC.C=CC(=O)OC(C)(C)C. The highest BCUT2D eigenvalue weighted by Crippen LogP contribution is 2.07. The number of rotatable bonds is 7. The van der Waals surface area contributed by atoms with E-state index in [1.165, 1.54) is 0 Å². The molecular formula is C26H36O7. The van der Waals surface area contributed by atoms with Crippen LogP contribution in [0, 0.1) is 0 Å². The first-order valence-electron chi connectivity index (χ1n) is 10.3. The molecule has 0 saturated carbocycles. The fourth-order valence-corrected chi connectivity index (χ4v) is 1.68. The van der Waals surface area contributed by atoms with Crippen molar-refractivity contribution in [1.29, 1.82) is 0 Å². The van der Waals surface area contributed by atoms with Crippen molar-refractivity contribution in [2.45, 2.75) is 53.2 Å². The maximum Gasteiger partial charge on any atom is 0.372 e. The topological polar surface area (TPSA) is 99.1 Å². The zero-order valence-electron chi connectivity index (χ0n) is 20.4. The van der Waals surface area contributed by atoms with Crippen LogP contribution in [0.25, 0.3) is 6.08 Å². The monoisotopic (exact) mass is 460 g/mol. The van der Waals surface area contributed by atoms with Crippen molar-refractivity contribution in [2.24, 2.45) is 0 Å². The number of aliphatic hydroxyl groups excluding tert-OH is 1. The Bertz CT molecular complexity index is 813. The summed E-state index contributed by atoms with van der Waals surface area (Å²) >= 11 is 0. The van der Waals surface area contributed by atoms with E-state index in [1.807, 2.05) is 71.0 Å². The van der Waals surface area contributed by atoms with Gasteiger partial charge in [-0.25, -0.2) is 14.4 Å². The van der Waals surface area contributed by atoms with Gasteiger partial charge in [0.25, 0.3) is 0 Å². The van der Waals surface area contributed by atoms with Crippen LogP contribution in [0.2, 0.25) is 0 Å². The number of carbonyl (C=O) groups is 3. The maximum absolute atomic E-state index is 11.4. The Hall–Kier alpha value is -3.61. The van der Waals surface area contributed by atoms with Gasteiger partial charge in [0.15, 0.2) is 5.76 Å². The summed E-state index contributed by atoms with van der Waals surface area (Å²) < 4.78 is 14.2. The summed E-state index contributed by atoms with van der Waals surface area (Å²) in [7, 11) is 0. The third kappa shape index (κ3) is 20.1. The molecule has 0 bridgehead atoms. The molecule has 7 heteroatoms. The molecule has 0 heterocycles. The van der Waals surface area contributed by atoms with Crippen molar-refractivity contribution >= 4 is 24.0 Å². The van der Waals surface area contributed by atoms with E-state index >= 15 is 0 Å². The summed E-state index contributed by atoms with van der Waals surface area (Å²) in [5.41, 5.74) is 0.990. The summed E-state index contributed by atoms with van der Waals surface area (Å²) in [6.07, 6.45) is 4.55. The molecule has 182 valence electrons. The van der Waals surface area contributed by atoms with Crippen LogP contribution in [0.3, 0.4) is 0 Å². The number of benzene rings is 1. The fraction of sp³-hybridized carbons (Fsp3) is 0.346. The largest absolute Gasteiger partial charge is 0.502 e. The molecule has 7 nitrogen and oxygen atoms in total. The Morgan fingerprint density at radius 2 is 1.61 bits per heavy atom. The molecule has 0 aliphatic carbocycles. The van der Waals surface area contributed by atoms with Crippen molar-refractivity contribution in [3.05, 3.63) is 79.1 Å². The standard InChI is InChI=1S/C14H16O2.C7H12O2.C5H8O3/c1-11(2)16-14(15)12(3)9-10-13-7-5-4-6-8-13;1-5-6(8)9-7(2,3)4;1-3-8-5(7)4(2)6/h4-11H,3H2,1-2H3;5H,1H2,2-4H3;6H,2-3H2,1H3. The van der Waals surface area contributed by atoms with Gasteiger partial charge in [0.05, 0.1) is 18.3 Å². The zero-order valence-corrected chi connectivity index (χ0v) is 20.4. The smallest absolute Gasteiger partial charge is 0.372 e. The molecule has 0 amide bonds. The highest BCUT2D eigenvalue weighted by Gasteiger charge is 2.13. The second kappa shape index (κ2) is 17.0. The van der Waals surface area contributed by atoms with Gasteiger partial charge in [-0.15, -0.1) is 0 Å². The molecule has 1 aromatic carbocycles. The van der Waals surface area contributed by atoms with Crippen LogP contribution in [-0.4, -0.2) is 41.3 Å². The van der Waals surface area contributed by atoms with Gasteiger partial charge in [0.1, 0.15) is 5.60 Å². The second-order valence-corrected chi connectivity index (χ2v) is 7.63. The molecule has 0 aliphatic heterocycles. The number of esters is 3. The molecule has 0 atom stereocenters. The summed E-state index contributed by atoms with van der Waals surface area (Å²) in [5.74, 6) is -2.05. The normalized spacial score (nSPS) is 10.0. The molecule has 1 aromatic rings. The Labute approximate surface area is 197 Å². The first kappa shape index (κ1) is 31.6.